The quantitative estimate of drug-likeness (QED) is 0.198. The van der Waals surface area contributed by atoms with Crippen LogP contribution in [0.1, 0.15) is 16.7 Å². The SMILES string of the molecule is N#C/C(=C/c1ccc(OCc2ccc(Cl)c(Cl)c2)c(I)c1)c1ccccc1F. The molecular weight excluding hydrogens is 511 g/mol. The van der Waals surface area contributed by atoms with Gasteiger partial charge < -0.3 is 4.74 Å². The summed E-state index contributed by atoms with van der Waals surface area (Å²) in [6.07, 6.45) is 1.66. The highest BCUT2D eigenvalue weighted by molar-refractivity contribution is 14.1. The Morgan fingerprint density at radius 3 is 2.54 bits per heavy atom. The molecular formula is C22H13Cl2FINO. The Labute approximate surface area is 186 Å². The van der Waals surface area contributed by atoms with Gasteiger partial charge in [-0.05, 0) is 70.1 Å². The second-order valence-corrected chi connectivity index (χ2v) is 7.85. The number of hydrogen-bond donors (Lipinski definition) is 0. The zero-order valence-electron chi connectivity index (χ0n) is 14.4. The van der Waals surface area contributed by atoms with Gasteiger partial charge in [0.15, 0.2) is 0 Å². The van der Waals surface area contributed by atoms with Gasteiger partial charge in [-0.3, -0.25) is 0 Å². The smallest absolute Gasteiger partial charge is 0.133 e. The summed E-state index contributed by atoms with van der Waals surface area (Å²) in [6.45, 7) is 0.348. The van der Waals surface area contributed by atoms with Crippen LogP contribution in [0, 0.1) is 20.7 Å². The predicted octanol–water partition coefficient (Wildman–Crippen LogP) is 7.38. The Morgan fingerprint density at radius 1 is 1.07 bits per heavy atom. The van der Waals surface area contributed by atoms with Crippen LogP contribution in [0.4, 0.5) is 4.39 Å². The van der Waals surface area contributed by atoms with Crippen molar-refractivity contribution in [1.29, 1.82) is 5.26 Å². The van der Waals surface area contributed by atoms with Crippen molar-refractivity contribution >= 4 is 57.4 Å². The molecule has 140 valence electrons. The average molecular weight is 524 g/mol. The van der Waals surface area contributed by atoms with Gasteiger partial charge in [0.2, 0.25) is 0 Å². The maximum atomic E-state index is 14.0. The van der Waals surface area contributed by atoms with Crippen LogP contribution in [0.5, 0.6) is 5.75 Å². The Balaban J connectivity index is 1.79. The Bertz CT molecular complexity index is 1090. The molecule has 3 rings (SSSR count). The van der Waals surface area contributed by atoms with Gasteiger partial charge in [-0.2, -0.15) is 5.26 Å². The molecule has 2 nitrogen and oxygen atoms in total. The minimum absolute atomic E-state index is 0.262. The summed E-state index contributed by atoms with van der Waals surface area (Å²) in [5.41, 5.74) is 2.23. The van der Waals surface area contributed by atoms with Gasteiger partial charge in [-0.25, -0.2) is 4.39 Å². The molecule has 0 heterocycles. The van der Waals surface area contributed by atoms with E-state index in [0.29, 0.717) is 22.4 Å². The van der Waals surface area contributed by atoms with Crippen molar-refractivity contribution in [2.75, 3.05) is 0 Å². The molecule has 0 bridgehead atoms. The summed E-state index contributed by atoms with van der Waals surface area (Å²) in [7, 11) is 0. The van der Waals surface area contributed by atoms with Crippen molar-refractivity contribution in [1.82, 2.24) is 0 Å². The Kier molecular flexibility index (Phi) is 6.95. The van der Waals surface area contributed by atoms with Crippen molar-refractivity contribution in [2.45, 2.75) is 6.61 Å². The van der Waals surface area contributed by atoms with Crippen LogP contribution in [0.2, 0.25) is 10.0 Å². The maximum absolute atomic E-state index is 14.0. The molecule has 0 saturated heterocycles. The first-order valence-corrected chi connectivity index (χ1v) is 10.0. The van der Waals surface area contributed by atoms with Gasteiger partial charge in [0.05, 0.1) is 25.3 Å². The third-order valence-electron chi connectivity index (χ3n) is 3.93. The van der Waals surface area contributed by atoms with E-state index in [2.05, 4.69) is 28.7 Å². The molecule has 6 heteroatoms. The molecule has 0 saturated carbocycles. The first kappa shape index (κ1) is 20.7. The van der Waals surface area contributed by atoms with Crippen LogP contribution in [-0.2, 0) is 6.61 Å². The zero-order chi connectivity index (χ0) is 20.1. The van der Waals surface area contributed by atoms with E-state index < -0.39 is 5.82 Å². The van der Waals surface area contributed by atoms with Crippen molar-refractivity contribution < 1.29 is 9.13 Å². The predicted molar refractivity (Wildman–Crippen MR) is 120 cm³/mol. The fraction of sp³-hybridized carbons (Fsp3) is 0.0455. The minimum atomic E-state index is -0.424. The van der Waals surface area contributed by atoms with Gasteiger partial charge in [0.25, 0.3) is 0 Å². The highest BCUT2D eigenvalue weighted by atomic mass is 127. The van der Waals surface area contributed by atoms with E-state index in [-0.39, 0.29) is 11.1 Å². The molecule has 0 atom stereocenters. The summed E-state index contributed by atoms with van der Waals surface area (Å²) in [5.74, 6) is 0.278. The summed E-state index contributed by atoms with van der Waals surface area (Å²) in [4.78, 5) is 0. The lowest BCUT2D eigenvalue weighted by molar-refractivity contribution is 0.304. The number of rotatable bonds is 5. The lowest BCUT2D eigenvalue weighted by Crippen LogP contribution is -1.97. The number of hydrogen-bond acceptors (Lipinski definition) is 2. The molecule has 28 heavy (non-hydrogen) atoms. The van der Waals surface area contributed by atoms with E-state index in [1.54, 1.807) is 36.4 Å². The summed E-state index contributed by atoms with van der Waals surface area (Å²) >= 11 is 14.1. The van der Waals surface area contributed by atoms with E-state index >= 15 is 0 Å². The second-order valence-electron chi connectivity index (χ2n) is 5.88. The maximum Gasteiger partial charge on any atom is 0.133 e. The van der Waals surface area contributed by atoms with E-state index in [4.69, 9.17) is 27.9 Å². The van der Waals surface area contributed by atoms with Crippen LogP contribution < -0.4 is 4.74 Å². The Hall–Kier alpha value is -2.07. The third-order valence-corrected chi connectivity index (χ3v) is 5.51. The van der Waals surface area contributed by atoms with E-state index in [1.165, 1.54) is 6.07 Å². The van der Waals surface area contributed by atoms with Crippen LogP contribution in [-0.4, -0.2) is 0 Å². The first-order chi connectivity index (χ1) is 13.5. The van der Waals surface area contributed by atoms with Crippen molar-refractivity contribution in [2.24, 2.45) is 0 Å². The molecule has 3 aromatic rings. The fourth-order valence-corrected chi connectivity index (χ4v) is 3.55. The van der Waals surface area contributed by atoms with Gasteiger partial charge in [-0.15, -0.1) is 0 Å². The molecule has 0 unspecified atom stereocenters. The molecule has 0 aliphatic carbocycles. The van der Waals surface area contributed by atoms with Crippen molar-refractivity contribution in [3.8, 4) is 11.8 Å². The standard InChI is InChI=1S/C22H13Cl2FINO/c23-18-7-5-15(10-19(18)24)13-28-22-8-6-14(11-21(22)26)9-16(12-27)17-3-1-2-4-20(17)25/h1-11H,13H2/b16-9-. The molecule has 0 aliphatic rings. The minimum Gasteiger partial charge on any atom is -0.488 e. The van der Waals surface area contributed by atoms with Gasteiger partial charge in [-0.1, -0.05) is 53.5 Å². The first-order valence-electron chi connectivity index (χ1n) is 8.21. The number of allylic oxidation sites excluding steroid dienone is 1. The third kappa shape index (κ3) is 5.05. The average Bonchev–Trinajstić information content (AvgIpc) is 2.68. The van der Waals surface area contributed by atoms with Crippen molar-refractivity contribution in [3.63, 3.8) is 0 Å². The molecule has 0 aliphatic heterocycles. The van der Waals surface area contributed by atoms with Gasteiger partial charge in [0, 0.05) is 5.56 Å². The van der Waals surface area contributed by atoms with Gasteiger partial charge >= 0.3 is 0 Å². The highest BCUT2D eigenvalue weighted by Gasteiger charge is 2.08. The molecule has 0 amide bonds. The lowest BCUT2D eigenvalue weighted by Gasteiger charge is -2.10. The zero-order valence-corrected chi connectivity index (χ0v) is 18.1. The molecule has 0 radical (unpaired) electrons. The summed E-state index contributed by atoms with van der Waals surface area (Å²) < 4.78 is 20.7. The number of nitrogens with zero attached hydrogens (tertiary/aromatic N) is 1. The fourth-order valence-electron chi connectivity index (χ4n) is 2.53. The molecule has 0 aromatic heterocycles. The lowest BCUT2D eigenvalue weighted by atomic mass is 10.0. The summed E-state index contributed by atoms with van der Waals surface area (Å²) in [5, 5.41) is 10.4. The molecule has 3 aromatic carbocycles. The molecule has 0 fully saturated rings. The second kappa shape index (κ2) is 9.42. The highest BCUT2D eigenvalue weighted by Crippen LogP contribution is 2.27. The van der Waals surface area contributed by atoms with Crippen LogP contribution in [0.15, 0.2) is 60.7 Å². The molecule has 0 N–H and O–H groups in total. The Morgan fingerprint density at radius 2 is 1.86 bits per heavy atom. The van der Waals surface area contributed by atoms with Crippen LogP contribution >= 0.6 is 45.8 Å². The number of halogens is 4. The van der Waals surface area contributed by atoms with Gasteiger partial charge in [0.1, 0.15) is 18.2 Å². The molecule has 0 spiro atoms. The van der Waals surface area contributed by atoms with E-state index in [9.17, 15) is 9.65 Å². The number of nitriles is 1. The van der Waals surface area contributed by atoms with E-state index in [1.807, 2.05) is 24.3 Å². The van der Waals surface area contributed by atoms with Crippen LogP contribution in [0.25, 0.3) is 11.6 Å². The van der Waals surface area contributed by atoms with Crippen LogP contribution in [0.3, 0.4) is 0 Å². The number of benzene rings is 3. The summed E-state index contributed by atoms with van der Waals surface area (Å²) in [6, 6.07) is 19.2. The van der Waals surface area contributed by atoms with E-state index in [0.717, 1.165) is 14.7 Å². The largest absolute Gasteiger partial charge is 0.488 e. The topological polar surface area (TPSA) is 33.0 Å². The monoisotopic (exact) mass is 523 g/mol. The van der Waals surface area contributed by atoms with Crippen molar-refractivity contribution in [3.05, 3.63) is 96.8 Å². The normalized spacial score (nSPS) is 11.2. The number of ether oxygens (including phenoxy) is 1.